The van der Waals surface area contributed by atoms with Gasteiger partial charge >= 0.3 is 5.97 Å². The highest BCUT2D eigenvalue weighted by Gasteiger charge is 2.49. The van der Waals surface area contributed by atoms with Crippen molar-refractivity contribution in [2.75, 3.05) is 13.2 Å². The molecule has 2 aromatic heterocycles. The molecule has 0 amide bonds. The maximum Gasteiger partial charge on any atom is 0.342 e. The van der Waals surface area contributed by atoms with Crippen molar-refractivity contribution in [1.82, 2.24) is 14.4 Å². The third-order valence-corrected chi connectivity index (χ3v) is 5.43. The zero-order valence-electron chi connectivity index (χ0n) is 13.9. The predicted octanol–water partition coefficient (Wildman–Crippen LogP) is 2.43. The molecule has 0 unspecified atom stereocenters. The van der Waals surface area contributed by atoms with E-state index in [0.29, 0.717) is 19.0 Å². The van der Waals surface area contributed by atoms with Crippen LogP contribution in [0.4, 0.5) is 0 Å². The molecule has 3 fully saturated rings. The molecule has 128 valence electrons. The number of carboxylic acids is 1. The van der Waals surface area contributed by atoms with Gasteiger partial charge in [0.05, 0.1) is 24.5 Å². The number of rotatable bonds is 4. The van der Waals surface area contributed by atoms with E-state index in [1.807, 2.05) is 6.20 Å². The first kappa shape index (κ1) is 15.4. The van der Waals surface area contributed by atoms with Crippen LogP contribution in [-0.4, -0.2) is 44.3 Å². The van der Waals surface area contributed by atoms with Gasteiger partial charge in [-0.3, -0.25) is 4.40 Å². The van der Waals surface area contributed by atoms with Crippen LogP contribution in [-0.2, 0) is 10.2 Å². The third-order valence-electron chi connectivity index (χ3n) is 5.43. The highest BCUT2D eigenvalue weighted by molar-refractivity contribution is 5.90. The maximum atomic E-state index is 11.4. The number of hydrogen-bond acceptors (Lipinski definition) is 5. The lowest BCUT2D eigenvalue weighted by Gasteiger charge is -2.51. The van der Waals surface area contributed by atoms with Crippen LogP contribution in [0.5, 0.6) is 5.88 Å². The fraction of sp³-hybridized carbons (Fsp3) is 0.588. The molecule has 2 aromatic rings. The molecule has 1 saturated carbocycles. The van der Waals surface area contributed by atoms with E-state index in [-0.39, 0.29) is 22.5 Å². The van der Waals surface area contributed by atoms with Gasteiger partial charge in [-0.05, 0) is 39.5 Å². The molecular formula is C17H21N3O4. The average Bonchev–Trinajstić information content (AvgIpc) is 2.99. The Morgan fingerprint density at radius 2 is 2.08 bits per heavy atom. The summed E-state index contributed by atoms with van der Waals surface area (Å²) in [7, 11) is 0. The molecule has 24 heavy (non-hydrogen) atoms. The quantitative estimate of drug-likeness (QED) is 0.926. The SMILES string of the molecule is CCOc1nc2nc(C34CCC(C)(CC3)OC4)cn2cc1C(=O)O. The molecule has 1 aliphatic carbocycles. The van der Waals surface area contributed by atoms with Crippen molar-refractivity contribution < 1.29 is 19.4 Å². The summed E-state index contributed by atoms with van der Waals surface area (Å²) in [4.78, 5) is 20.4. The zero-order valence-corrected chi connectivity index (χ0v) is 13.9. The Hall–Kier alpha value is -2.15. The molecular weight excluding hydrogens is 310 g/mol. The lowest BCUT2D eigenvalue weighted by molar-refractivity contribution is -0.146. The van der Waals surface area contributed by atoms with E-state index in [1.165, 1.54) is 6.20 Å². The van der Waals surface area contributed by atoms with Gasteiger partial charge in [-0.15, -0.1) is 0 Å². The summed E-state index contributed by atoms with van der Waals surface area (Å²) in [5, 5.41) is 9.37. The van der Waals surface area contributed by atoms with E-state index in [4.69, 9.17) is 9.47 Å². The number of carbonyl (C=O) groups is 1. The maximum absolute atomic E-state index is 11.4. The topological polar surface area (TPSA) is 86.0 Å². The third kappa shape index (κ3) is 2.26. The second-order valence-electron chi connectivity index (χ2n) is 7.05. The number of aromatic nitrogens is 3. The Kier molecular flexibility index (Phi) is 3.32. The number of nitrogens with zero attached hydrogens (tertiary/aromatic N) is 3. The number of aromatic carboxylic acids is 1. The van der Waals surface area contributed by atoms with Gasteiger partial charge in [-0.2, -0.15) is 4.98 Å². The summed E-state index contributed by atoms with van der Waals surface area (Å²) >= 11 is 0. The predicted molar refractivity (Wildman–Crippen MR) is 85.6 cm³/mol. The average molecular weight is 331 g/mol. The zero-order chi connectivity index (χ0) is 16.9. The second kappa shape index (κ2) is 5.17. The number of imidazole rings is 1. The standard InChI is InChI=1S/C17H21N3O4/c1-3-23-13-11(14(21)22)8-20-9-12(18-15(20)19-13)17-6-4-16(2,5-7-17)24-10-17/h8-9H,3-7,10H2,1-2H3,(H,21,22). The fourth-order valence-electron chi connectivity index (χ4n) is 3.74. The molecule has 0 aromatic carbocycles. The molecule has 4 heterocycles. The van der Waals surface area contributed by atoms with E-state index < -0.39 is 5.97 Å². The molecule has 5 rings (SSSR count). The van der Waals surface area contributed by atoms with Gasteiger partial charge in [0.25, 0.3) is 0 Å². The number of fused-ring (bicyclic) bond motifs is 4. The Labute approximate surface area is 139 Å². The van der Waals surface area contributed by atoms with Crippen molar-refractivity contribution in [3.63, 3.8) is 0 Å². The summed E-state index contributed by atoms with van der Waals surface area (Å²) in [6.45, 7) is 4.99. The first-order valence-electron chi connectivity index (χ1n) is 8.35. The van der Waals surface area contributed by atoms with Gasteiger partial charge in [0.1, 0.15) is 5.56 Å². The Bertz CT molecular complexity index is 789. The van der Waals surface area contributed by atoms with Gasteiger partial charge in [-0.1, -0.05) is 0 Å². The van der Waals surface area contributed by atoms with E-state index >= 15 is 0 Å². The van der Waals surface area contributed by atoms with E-state index in [0.717, 1.165) is 31.4 Å². The molecule has 0 spiro atoms. The van der Waals surface area contributed by atoms with Crippen LogP contribution in [0.15, 0.2) is 12.4 Å². The van der Waals surface area contributed by atoms with Crippen molar-refractivity contribution in [2.45, 2.75) is 50.5 Å². The second-order valence-corrected chi connectivity index (χ2v) is 7.05. The molecule has 0 radical (unpaired) electrons. The lowest BCUT2D eigenvalue weighted by Crippen LogP contribution is -2.51. The molecule has 7 heteroatoms. The Balaban J connectivity index is 1.77. The van der Waals surface area contributed by atoms with Crippen LogP contribution in [0, 0.1) is 0 Å². The number of ether oxygens (including phenoxy) is 2. The molecule has 7 nitrogen and oxygen atoms in total. The van der Waals surface area contributed by atoms with Gasteiger partial charge in [-0.25, -0.2) is 9.78 Å². The minimum atomic E-state index is -1.06. The van der Waals surface area contributed by atoms with Crippen molar-refractivity contribution in [3.8, 4) is 5.88 Å². The first-order valence-corrected chi connectivity index (χ1v) is 8.35. The summed E-state index contributed by atoms with van der Waals surface area (Å²) < 4.78 is 13.1. The molecule has 3 aliphatic rings. The van der Waals surface area contributed by atoms with Crippen molar-refractivity contribution >= 4 is 11.7 Å². The minimum Gasteiger partial charge on any atom is -0.477 e. The van der Waals surface area contributed by atoms with Gasteiger partial charge in [0.15, 0.2) is 0 Å². The minimum absolute atomic E-state index is 0.0117. The highest BCUT2D eigenvalue weighted by Crippen LogP contribution is 2.49. The Morgan fingerprint density at radius 1 is 1.33 bits per heavy atom. The largest absolute Gasteiger partial charge is 0.477 e. The fourth-order valence-corrected chi connectivity index (χ4v) is 3.74. The van der Waals surface area contributed by atoms with Crippen molar-refractivity contribution in [2.24, 2.45) is 0 Å². The van der Waals surface area contributed by atoms with E-state index in [9.17, 15) is 9.90 Å². The van der Waals surface area contributed by atoms with Crippen LogP contribution in [0.2, 0.25) is 0 Å². The molecule has 2 bridgehead atoms. The van der Waals surface area contributed by atoms with Crippen LogP contribution in [0.3, 0.4) is 0 Å². The summed E-state index contributed by atoms with van der Waals surface area (Å²) in [5.41, 5.74) is 0.905. The molecule has 0 atom stereocenters. The summed E-state index contributed by atoms with van der Waals surface area (Å²) in [5.74, 6) is -0.481. The Morgan fingerprint density at radius 3 is 2.67 bits per heavy atom. The number of hydrogen-bond donors (Lipinski definition) is 1. The highest BCUT2D eigenvalue weighted by atomic mass is 16.5. The van der Waals surface area contributed by atoms with Crippen molar-refractivity contribution in [3.05, 3.63) is 23.7 Å². The van der Waals surface area contributed by atoms with Gasteiger partial charge in [0, 0.05) is 17.8 Å². The van der Waals surface area contributed by atoms with Crippen LogP contribution in [0.25, 0.3) is 5.78 Å². The first-order chi connectivity index (χ1) is 11.4. The number of carboxylic acid groups (broad SMARTS) is 1. The van der Waals surface area contributed by atoms with Crippen molar-refractivity contribution in [1.29, 1.82) is 0 Å². The molecule has 2 saturated heterocycles. The lowest BCUT2D eigenvalue weighted by atomic mass is 9.65. The van der Waals surface area contributed by atoms with E-state index in [2.05, 4.69) is 16.9 Å². The molecule has 2 aliphatic heterocycles. The monoisotopic (exact) mass is 331 g/mol. The van der Waals surface area contributed by atoms with Gasteiger partial charge in [0.2, 0.25) is 11.7 Å². The van der Waals surface area contributed by atoms with Crippen LogP contribution < -0.4 is 4.74 Å². The molecule has 1 N–H and O–H groups in total. The van der Waals surface area contributed by atoms with Crippen LogP contribution in [0.1, 0.15) is 55.6 Å². The normalized spacial score (nSPS) is 29.1. The smallest absolute Gasteiger partial charge is 0.342 e. The van der Waals surface area contributed by atoms with Gasteiger partial charge < -0.3 is 14.6 Å². The summed E-state index contributed by atoms with van der Waals surface area (Å²) in [6, 6.07) is 0. The summed E-state index contributed by atoms with van der Waals surface area (Å²) in [6.07, 6.45) is 7.55. The van der Waals surface area contributed by atoms with Crippen LogP contribution >= 0.6 is 0 Å². The van der Waals surface area contributed by atoms with E-state index in [1.54, 1.807) is 11.3 Å².